The summed E-state index contributed by atoms with van der Waals surface area (Å²) in [4.78, 5) is 19.9. The van der Waals surface area contributed by atoms with Crippen LogP contribution in [0.1, 0.15) is 10.4 Å². The minimum Gasteiger partial charge on any atom is -0.478 e. The van der Waals surface area contributed by atoms with E-state index in [0.29, 0.717) is 16.8 Å². The molecule has 1 aliphatic rings. The van der Waals surface area contributed by atoms with Gasteiger partial charge in [0.15, 0.2) is 0 Å². The summed E-state index contributed by atoms with van der Waals surface area (Å²) in [6, 6.07) is 9.53. The molecule has 2 heterocycles. The molecule has 21 heavy (non-hydrogen) atoms. The van der Waals surface area contributed by atoms with Crippen LogP contribution >= 0.6 is 15.9 Å². The topological polar surface area (TPSA) is 56.7 Å². The molecular weight excluding hydrogens is 334 g/mol. The average Bonchev–Trinajstić information content (AvgIpc) is 2.48. The number of carboxylic acid groups (broad SMARTS) is 1. The SMILES string of the molecule is CN1CCN(c2ncc(Br)cc2C(=O)O)c2ccccc21. The molecule has 0 spiro atoms. The first kappa shape index (κ1) is 13.9. The van der Waals surface area contributed by atoms with E-state index in [2.05, 4.69) is 25.8 Å². The van der Waals surface area contributed by atoms with Gasteiger partial charge in [-0.05, 0) is 34.1 Å². The molecule has 1 aliphatic heterocycles. The van der Waals surface area contributed by atoms with Crippen molar-refractivity contribution in [1.29, 1.82) is 0 Å². The molecule has 0 unspecified atom stereocenters. The fourth-order valence-corrected chi connectivity index (χ4v) is 2.86. The number of halogens is 1. The highest BCUT2D eigenvalue weighted by atomic mass is 79.9. The third-order valence-electron chi connectivity index (χ3n) is 3.56. The molecule has 6 heteroatoms. The Morgan fingerprint density at radius 2 is 2.00 bits per heavy atom. The number of carboxylic acids is 1. The largest absolute Gasteiger partial charge is 0.478 e. The van der Waals surface area contributed by atoms with Gasteiger partial charge in [-0.15, -0.1) is 0 Å². The van der Waals surface area contributed by atoms with Crippen molar-refractivity contribution in [3.05, 3.63) is 46.6 Å². The maximum atomic E-state index is 11.5. The van der Waals surface area contributed by atoms with Crippen LogP contribution in [0.15, 0.2) is 41.0 Å². The number of para-hydroxylation sites is 2. The molecule has 0 saturated carbocycles. The molecular formula is C15H14BrN3O2. The highest BCUT2D eigenvalue weighted by Gasteiger charge is 2.25. The van der Waals surface area contributed by atoms with Crippen LogP contribution in [0.25, 0.3) is 0 Å². The van der Waals surface area contributed by atoms with E-state index in [1.807, 2.05) is 36.2 Å². The summed E-state index contributed by atoms with van der Waals surface area (Å²) in [6.07, 6.45) is 1.63. The lowest BCUT2D eigenvalue weighted by molar-refractivity contribution is 0.0697. The van der Waals surface area contributed by atoms with Gasteiger partial charge in [0, 0.05) is 30.8 Å². The first-order valence-corrected chi connectivity index (χ1v) is 7.34. The molecule has 1 N–H and O–H groups in total. The Morgan fingerprint density at radius 1 is 1.29 bits per heavy atom. The summed E-state index contributed by atoms with van der Waals surface area (Å²) in [5, 5.41) is 9.42. The van der Waals surface area contributed by atoms with Crippen LogP contribution in [0.2, 0.25) is 0 Å². The first-order valence-electron chi connectivity index (χ1n) is 6.54. The maximum Gasteiger partial charge on any atom is 0.339 e. The van der Waals surface area contributed by atoms with E-state index in [9.17, 15) is 9.90 Å². The molecule has 1 aromatic carbocycles. The van der Waals surface area contributed by atoms with Crippen LogP contribution in [0.4, 0.5) is 17.2 Å². The van der Waals surface area contributed by atoms with E-state index in [1.54, 1.807) is 12.3 Å². The predicted octanol–water partition coefficient (Wildman–Crippen LogP) is 3.13. The van der Waals surface area contributed by atoms with Crippen molar-refractivity contribution in [3.63, 3.8) is 0 Å². The molecule has 3 rings (SSSR count). The predicted molar refractivity (Wildman–Crippen MR) is 85.6 cm³/mol. The van der Waals surface area contributed by atoms with Crippen molar-refractivity contribution < 1.29 is 9.90 Å². The van der Waals surface area contributed by atoms with Gasteiger partial charge in [-0.25, -0.2) is 9.78 Å². The molecule has 0 fully saturated rings. The average molecular weight is 348 g/mol. The molecule has 0 atom stereocenters. The van der Waals surface area contributed by atoms with E-state index in [1.165, 1.54) is 0 Å². The Labute approximate surface area is 131 Å². The number of rotatable bonds is 2. The fourth-order valence-electron chi connectivity index (χ4n) is 2.53. The zero-order valence-corrected chi connectivity index (χ0v) is 13.0. The van der Waals surface area contributed by atoms with Crippen molar-refractivity contribution in [2.24, 2.45) is 0 Å². The normalized spacial score (nSPS) is 14.0. The highest BCUT2D eigenvalue weighted by Crippen LogP contribution is 2.37. The Kier molecular flexibility index (Phi) is 3.55. The van der Waals surface area contributed by atoms with Crippen molar-refractivity contribution >= 4 is 39.1 Å². The smallest absolute Gasteiger partial charge is 0.339 e. The Balaban J connectivity index is 2.14. The molecule has 0 amide bonds. The van der Waals surface area contributed by atoms with E-state index in [0.717, 1.165) is 17.9 Å². The minimum atomic E-state index is -0.977. The number of pyridine rings is 1. The number of anilines is 3. The number of hydrogen-bond donors (Lipinski definition) is 1. The Hall–Kier alpha value is -2.08. The number of nitrogens with zero attached hydrogens (tertiary/aromatic N) is 3. The molecule has 0 radical (unpaired) electrons. The number of hydrogen-bond acceptors (Lipinski definition) is 4. The van der Waals surface area contributed by atoms with Gasteiger partial charge in [0.2, 0.25) is 0 Å². The van der Waals surface area contributed by atoms with Crippen molar-refractivity contribution in [3.8, 4) is 0 Å². The minimum absolute atomic E-state index is 0.198. The summed E-state index contributed by atoms with van der Waals surface area (Å²) < 4.78 is 0.658. The lowest BCUT2D eigenvalue weighted by Crippen LogP contribution is -2.37. The third kappa shape index (κ3) is 2.47. The second-order valence-corrected chi connectivity index (χ2v) is 5.81. The second-order valence-electron chi connectivity index (χ2n) is 4.89. The lowest BCUT2D eigenvalue weighted by Gasteiger charge is -2.36. The lowest BCUT2D eigenvalue weighted by atomic mass is 10.1. The molecule has 5 nitrogen and oxygen atoms in total. The summed E-state index contributed by atoms with van der Waals surface area (Å²) in [5.74, 6) is -0.499. The molecule has 2 aromatic rings. The number of benzene rings is 1. The molecule has 0 aliphatic carbocycles. The summed E-state index contributed by atoms with van der Waals surface area (Å²) >= 11 is 3.28. The second kappa shape index (κ2) is 5.37. The maximum absolute atomic E-state index is 11.5. The number of aromatic carboxylic acids is 1. The molecule has 0 bridgehead atoms. The molecule has 0 saturated heterocycles. The number of aromatic nitrogens is 1. The first-order chi connectivity index (χ1) is 10.1. The van der Waals surface area contributed by atoms with Crippen LogP contribution < -0.4 is 9.80 Å². The van der Waals surface area contributed by atoms with Crippen molar-refractivity contribution in [2.45, 2.75) is 0 Å². The monoisotopic (exact) mass is 347 g/mol. The highest BCUT2D eigenvalue weighted by molar-refractivity contribution is 9.10. The summed E-state index contributed by atoms with van der Waals surface area (Å²) in [5.41, 5.74) is 2.25. The standard InChI is InChI=1S/C15H14BrN3O2/c1-18-6-7-19(13-5-3-2-4-12(13)18)14-11(15(20)21)8-10(16)9-17-14/h2-5,8-9H,6-7H2,1H3,(H,20,21). The fraction of sp³-hybridized carbons (Fsp3) is 0.200. The number of carbonyl (C=O) groups is 1. The zero-order chi connectivity index (χ0) is 15.0. The zero-order valence-electron chi connectivity index (χ0n) is 11.5. The van der Waals surface area contributed by atoms with Crippen molar-refractivity contribution in [2.75, 3.05) is 29.9 Å². The van der Waals surface area contributed by atoms with E-state index >= 15 is 0 Å². The Bertz CT molecular complexity index is 705. The van der Waals surface area contributed by atoms with Gasteiger partial charge in [0.05, 0.1) is 11.4 Å². The Morgan fingerprint density at radius 3 is 2.71 bits per heavy atom. The van der Waals surface area contributed by atoms with Crippen molar-refractivity contribution in [1.82, 2.24) is 4.98 Å². The van der Waals surface area contributed by atoms with Gasteiger partial charge in [-0.2, -0.15) is 0 Å². The quantitative estimate of drug-likeness (QED) is 0.904. The van der Waals surface area contributed by atoms with Crippen LogP contribution in [0.5, 0.6) is 0 Å². The van der Waals surface area contributed by atoms with Crippen LogP contribution in [-0.2, 0) is 0 Å². The van der Waals surface area contributed by atoms with E-state index in [-0.39, 0.29) is 5.56 Å². The van der Waals surface area contributed by atoms with E-state index < -0.39 is 5.97 Å². The van der Waals surface area contributed by atoms with Crippen LogP contribution in [-0.4, -0.2) is 36.2 Å². The molecule has 1 aromatic heterocycles. The van der Waals surface area contributed by atoms with Gasteiger partial charge >= 0.3 is 5.97 Å². The number of fused-ring (bicyclic) bond motifs is 1. The van der Waals surface area contributed by atoms with Gasteiger partial charge in [-0.1, -0.05) is 12.1 Å². The van der Waals surface area contributed by atoms with Gasteiger partial charge in [-0.3, -0.25) is 0 Å². The summed E-state index contributed by atoms with van der Waals surface area (Å²) in [6.45, 7) is 1.51. The van der Waals surface area contributed by atoms with Crippen LogP contribution in [0.3, 0.4) is 0 Å². The van der Waals surface area contributed by atoms with Crippen LogP contribution in [0, 0.1) is 0 Å². The number of likely N-dealkylation sites (N-methyl/N-ethyl adjacent to an activating group) is 1. The van der Waals surface area contributed by atoms with Gasteiger partial charge < -0.3 is 14.9 Å². The van der Waals surface area contributed by atoms with E-state index in [4.69, 9.17) is 0 Å². The van der Waals surface area contributed by atoms with Gasteiger partial charge in [0.1, 0.15) is 11.4 Å². The summed E-state index contributed by atoms with van der Waals surface area (Å²) in [7, 11) is 2.03. The molecule has 108 valence electrons. The van der Waals surface area contributed by atoms with Gasteiger partial charge in [0.25, 0.3) is 0 Å². The third-order valence-corrected chi connectivity index (χ3v) is 4.00.